The summed E-state index contributed by atoms with van der Waals surface area (Å²) >= 11 is 0. The summed E-state index contributed by atoms with van der Waals surface area (Å²) in [6, 6.07) is 9.91. The first kappa shape index (κ1) is 13.1. The number of ether oxygens (including phenoxy) is 3. The minimum atomic E-state index is -0.326. The Balaban J connectivity index is 2.08. The normalized spacial score (nSPS) is 27.8. The highest BCUT2D eigenvalue weighted by atomic mass is 16.7. The van der Waals surface area contributed by atoms with E-state index < -0.39 is 0 Å². The average molecular weight is 250 g/mol. The second kappa shape index (κ2) is 5.98. The van der Waals surface area contributed by atoms with Crippen LogP contribution in [0.4, 0.5) is 0 Å². The molecular formula is C14H18O4. The third-order valence-electron chi connectivity index (χ3n) is 3.02. The number of carbonyl (C=O) groups excluding carboxylic acids is 1. The molecule has 0 aliphatic carbocycles. The van der Waals surface area contributed by atoms with Gasteiger partial charge in [0.15, 0.2) is 6.29 Å². The summed E-state index contributed by atoms with van der Waals surface area (Å²) in [6.07, 6.45) is 0.692. The Morgan fingerprint density at radius 3 is 2.61 bits per heavy atom. The lowest BCUT2D eigenvalue weighted by atomic mass is 9.98. The van der Waals surface area contributed by atoms with Crippen molar-refractivity contribution in [3.05, 3.63) is 35.9 Å². The molecule has 1 fully saturated rings. The fourth-order valence-corrected chi connectivity index (χ4v) is 2.21. The first-order valence-corrected chi connectivity index (χ1v) is 6.09. The zero-order valence-electron chi connectivity index (χ0n) is 10.7. The van der Waals surface area contributed by atoms with Crippen molar-refractivity contribution in [2.24, 2.45) is 0 Å². The number of benzene rings is 1. The Hall–Kier alpha value is -1.39. The molecular weight excluding hydrogens is 232 g/mol. The maximum absolute atomic E-state index is 11.0. The van der Waals surface area contributed by atoms with Gasteiger partial charge in [-0.2, -0.15) is 0 Å². The Kier molecular flexibility index (Phi) is 4.33. The molecule has 1 unspecified atom stereocenters. The van der Waals surface area contributed by atoms with Crippen molar-refractivity contribution >= 4 is 5.97 Å². The highest BCUT2D eigenvalue weighted by molar-refractivity contribution is 5.66. The van der Waals surface area contributed by atoms with E-state index >= 15 is 0 Å². The maximum atomic E-state index is 11.0. The van der Waals surface area contributed by atoms with Crippen molar-refractivity contribution in [2.75, 3.05) is 7.11 Å². The van der Waals surface area contributed by atoms with Crippen LogP contribution in [0.2, 0.25) is 0 Å². The summed E-state index contributed by atoms with van der Waals surface area (Å²) < 4.78 is 16.3. The molecule has 0 amide bonds. The van der Waals surface area contributed by atoms with Gasteiger partial charge in [0.2, 0.25) is 0 Å². The Morgan fingerprint density at radius 1 is 1.28 bits per heavy atom. The first-order chi connectivity index (χ1) is 8.69. The van der Waals surface area contributed by atoms with Crippen LogP contribution in [-0.2, 0) is 19.0 Å². The fourth-order valence-electron chi connectivity index (χ4n) is 2.21. The van der Waals surface area contributed by atoms with Crippen LogP contribution in [-0.4, -0.2) is 25.5 Å². The molecule has 3 atom stereocenters. The second-order valence-electron chi connectivity index (χ2n) is 4.40. The fraction of sp³-hybridized carbons (Fsp3) is 0.500. The monoisotopic (exact) mass is 250 g/mol. The molecule has 98 valence electrons. The van der Waals surface area contributed by atoms with E-state index in [-0.39, 0.29) is 24.5 Å². The van der Waals surface area contributed by atoms with Gasteiger partial charge in [-0.05, 0) is 5.56 Å². The van der Waals surface area contributed by atoms with E-state index in [1.54, 1.807) is 7.11 Å². The molecule has 1 aliphatic rings. The Bertz CT molecular complexity index is 390. The van der Waals surface area contributed by atoms with Crippen LogP contribution in [0.3, 0.4) is 0 Å². The van der Waals surface area contributed by atoms with Crippen LogP contribution in [0, 0.1) is 0 Å². The largest absolute Gasteiger partial charge is 0.462 e. The highest BCUT2D eigenvalue weighted by Crippen LogP contribution is 2.33. The predicted octanol–water partition coefficient (Wildman–Crippen LogP) is 2.44. The van der Waals surface area contributed by atoms with E-state index in [9.17, 15) is 4.79 Å². The van der Waals surface area contributed by atoms with E-state index in [2.05, 4.69) is 0 Å². The van der Waals surface area contributed by atoms with Crippen LogP contribution >= 0.6 is 0 Å². The Labute approximate surface area is 107 Å². The van der Waals surface area contributed by atoms with Crippen LogP contribution < -0.4 is 0 Å². The molecule has 4 nitrogen and oxygen atoms in total. The number of hydrogen-bond acceptors (Lipinski definition) is 4. The summed E-state index contributed by atoms with van der Waals surface area (Å²) in [7, 11) is 1.60. The zero-order chi connectivity index (χ0) is 13.0. The smallest absolute Gasteiger partial charge is 0.302 e. The third-order valence-corrected chi connectivity index (χ3v) is 3.02. The van der Waals surface area contributed by atoms with Crippen molar-refractivity contribution in [3.63, 3.8) is 0 Å². The van der Waals surface area contributed by atoms with Gasteiger partial charge < -0.3 is 14.2 Å². The lowest BCUT2D eigenvalue weighted by Gasteiger charge is -2.34. The van der Waals surface area contributed by atoms with Gasteiger partial charge in [-0.3, -0.25) is 4.79 Å². The van der Waals surface area contributed by atoms with Gasteiger partial charge in [-0.25, -0.2) is 0 Å². The van der Waals surface area contributed by atoms with E-state index in [4.69, 9.17) is 14.2 Å². The van der Waals surface area contributed by atoms with Crippen molar-refractivity contribution in [1.82, 2.24) is 0 Å². The van der Waals surface area contributed by atoms with E-state index in [0.717, 1.165) is 5.56 Å². The number of hydrogen-bond donors (Lipinski definition) is 0. The summed E-state index contributed by atoms with van der Waals surface area (Å²) in [6.45, 7) is 1.43. The van der Waals surface area contributed by atoms with Gasteiger partial charge in [0.1, 0.15) is 6.10 Å². The topological polar surface area (TPSA) is 44.8 Å². The summed E-state index contributed by atoms with van der Waals surface area (Å²) in [4.78, 5) is 11.0. The number of rotatable bonds is 3. The molecule has 1 heterocycles. The lowest BCUT2D eigenvalue weighted by molar-refractivity contribution is -0.213. The van der Waals surface area contributed by atoms with Gasteiger partial charge in [-0.1, -0.05) is 30.3 Å². The first-order valence-electron chi connectivity index (χ1n) is 6.09. The van der Waals surface area contributed by atoms with Crippen LogP contribution in [0.25, 0.3) is 0 Å². The third kappa shape index (κ3) is 3.31. The van der Waals surface area contributed by atoms with Crippen molar-refractivity contribution < 1.29 is 19.0 Å². The van der Waals surface area contributed by atoms with Crippen LogP contribution in [0.1, 0.15) is 31.4 Å². The molecule has 1 aromatic carbocycles. The van der Waals surface area contributed by atoms with E-state index in [0.29, 0.717) is 12.8 Å². The SMILES string of the molecule is COC1C[C@H](OC(C)=O)C[C@@H](c2ccccc2)O1. The number of carbonyl (C=O) groups is 1. The predicted molar refractivity (Wildman–Crippen MR) is 65.9 cm³/mol. The lowest BCUT2D eigenvalue weighted by Crippen LogP contribution is -2.34. The number of methoxy groups -OCH3 is 1. The summed E-state index contributed by atoms with van der Waals surface area (Å²) in [5.41, 5.74) is 1.08. The molecule has 0 bridgehead atoms. The molecule has 0 aromatic heterocycles. The molecule has 1 aromatic rings. The van der Waals surface area contributed by atoms with Gasteiger partial charge in [0.25, 0.3) is 0 Å². The molecule has 2 rings (SSSR count). The average Bonchev–Trinajstić information content (AvgIpc) is 2.38. The van der Waals surface area contributed by atoms with Gasteiger partial charge in [-0.15, -0.1) is 0 Å². The Morgan fingerprint density at radius 2 is 2.00 bits per heavy atom. The molecule has 0 N–H and O–H groups in total. The quantitative estimate of drug-likeness (QED) is 0.773. The molecule has 1 aliphatic heterocycles. The van der Waals surface area contributed by atoms with Crippen molar-refractivity contribution in [3.8, 4) is 0 Å². The molecule has 4 heteroatoms. The summed E-state index contributed by atoms with van der Waals surface area (Å²) in [5.74, 6) is -0.261. The molecule has 0 saturated carbocycles. The van der Waals surface area contributed by atoms with Crippen LogP contribution in [0.5, 0.6) is 0 Å². The molecule has 0 spiro atoms. The van der Waals surface area contributed by atoms with Crippen LogP contribution in [0.15, 0.2) is 30.3 Å². The maximum Gasteiger partial charge on any atom is 0.302 e. The van der Waals surface area contributed by atoms with Gasteiger partial charge in [0, 0.05) is 26.9 Å². The molecule has 0 radical (unpaired) electrons. The van der Waals surface area contributed by atoms with E-state index in [1.807, 2.05) is 30.3 Å². The number of esters is 1. The molecule has 1 saturated heterocycles. The van der Waals surface area contributed by atoms with Crippen molar-refractivity contribution in [1.29, 1.82) is 0 Å². The molecule has 18 heavy (non-hydrogen) atoms. The minimum Gasteiger partial charge on any atom is -0.462 e. The van der Waals surface area contributed by atoms with E-state index in [1.165, 1.54) is 6.92 Å². The van der Waals surface area contributed by atoms with Gasteiger partial charge in [0.05, 0.1) is 6.10 Å². The standard InChI is InChI=1S/C14H18O4/c1-10(15)17-12-8-13(18-14(9-12)16-2)11-6-4-3-5-7-11/h3-7,12-14H,8-9H2,1-2H3/t12-,13+,14?/m1/s1. The van der Waals surface area contributed by atoms with Crippen molar-refractivity contribution in [2.45, 2.75) is 38.3 Å². The summed E-state index contributed by atoms with van der Waals surface area (Å²) in [5, 5.41) is 0. The highest BCUT2D eigenvalue weighted by Gasteiger charge is 2.32. The van der Waals surface area contributed by atoms with Gasteiger partial charge >= 0.3 is 5.97 Å². The minimum absolute atomic E-state index is 0.0887. The second-order valence-corrected chi connectivity index (χ2v) is 4.40. The zero-order valence-corrected chi connectivity index (χ0v) is 10.7.